The highest BCUT2D eigenvalue weighted by atomic mass is 16.5. The summed E-state index contributed by atoms with van der Waals surface area (Å²) in [6.45, 7) is 9.75. The van der Waals surface area contributed by atoms with Gasteiger partial charge in [-0.3, -0.25) is 9.97 Å². The van der Waals surface area contributed by atoms with Crippen molar-refractivity contribution in [2.24, 2.45) is 0 Å². The first-order valence-electron chi connectivity index (χ1n) is 20.5. The number of rotatable bonds is 15. The van der Waals surface area contributed by atoms with Crippen LogP contribution in [-0.4, -0.2) is 83.2 Å². The molecule has 2 fully saturated rings. The quantitative estimate of drug-likeness (QED) is 0.116. The first-order chi connectivity index (χ1) is 28.4. The van der Waals surface area contributed by atoms with Gasteiger partial charge in [0.15, 0.2) is 11.4 Å². The Morgan fingerprint density at radius 2 is 1.17 bits per heavy atom. The molecule has 0 unspecified atom stereocenters. The molecule has 1 N–H and O–H groups in total. The van der Waals surface area contributed by atoms with E-state index in [1.54, 1.807) is 19.3 Å². The Balaban J connectivity index is 0.000000177. The zero-order valence-electron chi connectivity index (χ0n) is 33.6. The van der Waals surface area contributed by atoms with Crippen molar-refractivity contribution in [1.29, 1.82) is 0 Å². The van der Waals surface area contributed by atoms with Crippen molar-refractivity contribution in [2.45, 2.75) is 84.0 Å². The van der Waals surface area contributed by atoms with E-state index in [0.717, 1.165) is 83.7 Å². The molecule has 8 rings (SSSR count). The van der Waals surface area contributed by atoms with Crippen LogP contribution in [0.4, 0.5) is 0 Å². The second kappa shape index (κ2) is 19.3. The summed E-state index contributed by atoms with van der Waals surface area (Å²) in [7, 11) is 0. The maximum absolute atomic E-state index is 12.6. The number of aromatic carboxylic acids is 1. The van der Waals surface area contributed by atoms with E-state index in [0.29, 0.717) is 88.0 Å². The number of ether oxygens (including phenoxy) is 5. The van der Waals surface area contributed by atoms with Crippen LogP contribution in [0.5, 0.6) is 11.5 Å². The van der Waals surface area contributed by atoms with Crippen LogP contribution < -0.4 is 9.47 Å². The van der Waals surface area contributed by atoms with Gasteiger partial charge in [0.05, 0.1) is 69.0 Å². The summed E-state index contributed by atoms with van der Waals surface area (Å²) >= 11 is 0. The standard InChI is InChI=1S/C24H28N2O4.C22H24N2O4/c1-3-29-23-18(6-5-7-19(23)16-10-12-28-13-11-16)14-20-22(24(27)30-4-2)26-21(15-25-20)17-8-9-17;1-2-28-21-16(4-3-5-17(21)14-8-10-27-11-9-14)12-18-20(22(25)26)24-19(13-23-18)15-6-7-15/h5-7,10,15,17H,3-4,8-9,11-14H2,1-2H3;3-5,8,13,15H,2,6-7,9-12H2,1H3,(H,25,26). The monoisotopic (exact) mass is 788 g/mol. The lowest BCUT2D eigenvalue weighted by atomic mass is 9.96. The molecule has 2 aliphatic heterocycles. The molecular weight excluding hydrogens is 737 g/mol. The molecule has 0 spiro atoms. The molecule has 12 heteroatoms. The largest absolute Gasteiger partial charge is 0.493 e. The van der Waals surface area contributed by atoms with Crippen molar-refractivity contribution in [3.8, 4) is 11.5 Å². The fraction of sp³-hybridized carbons (Fsp3) is 0.435. The molecule has 2 aromatic carbocycles. The van der Waals surface area contributed by atoms with Crippen LogP contribution >= 0.6 is 0 Å². The highest BCUT2D eigenvalue weighted by molar-refractivity contribution is 5.89. The molecule has 0 bridgehead atoms. The number of hydrogen-bond donors (Lipinski definition) is 1. The van der Waals surface area contributed by atoms with Gasteiger partial charge in [-0.2, -0.15) is 0 Å². The normalized spacial score (nSPS) is 16.3. The number of esters is 1. The predicted octanol–water partition coefficient (Wildman–Crippen LogP) is 8.17. The molecule has 4 aromatic rings. The molecule has 0 atom stereocenters. The Hall–Kier alpha value is -5.46. The Kier molecular flexibility index (Phi) is 13.6. The van der Waals surface area contributed by atoms with Gasteiger partial charge in [-0.25, -0.2) is 19.6 Å². The summed E-state index contributed by atoms with van der Waals surface area (Å²) in [6.07, 6.45) is 14.6. The molecule has 0 saturated heterocycles. The number of hydrogen-bond acceptors (Lipinski definition) is 11. The average molecular weight is 789 g/mol. The maximum Gasteiger partial charge on any atom is 0.358 e. The van der Waals surface area contributed by atoms with Crippen molar-refractivity contribution in [2.75, 3.05) is 46.2 Å². The zero-order valence-corrected chi connectivity index (χ0v) is 33.6. The number of carbonyl (C=O) groups excluding carboxylic acids is 1. The lowest BCUT2D eigenvalue weighted by Crippen LogP contribution is -2.14. The fourth-order valence-electron chi connectivity index (χ4n) is 7.29. The van der Waals surface area contributed by atoms with Crippen LogP contribution in [0, 0.1) is 0 Å². The van der Waals surface area contributed by atoms with E-state index in [1.807, 2.05) is 44.2 Å². The van der Waals surface area contributed by atoms with Crippen LogP contribution in [-0.2, 0) is 27.1 Å². The molecule has 2 aliphatic carbocycles. The molecule has 12 nitrogen and oxygen atoms in total. The summed E-state index contributed by atoms with van der Waals surface area (Å²) < 4.78 is 28.2. The minimum atomic E-state index is -1.04. The second-order valence-corrected chi connectivity index (χ2v) is 14.7. The Labute approximate surface area is 339 Å². The minimum Gasteiger partial charge on any atom is -0.493 e. The van der Waals surface area contributed by atoms with Crippen LogP contribution in [0.3, 0.4) is 0 Å². The van der Waals surface area contributed by atoms with E-state index >= 15 is 0 Å². The Bertz CT molecular complexity index is 2170. The van der Waals surface area contributed by atoms with Crippen molar-refractivity contribution in [3.63, 3.8) is 0 Å². The molecular formula is C46H52N4O8. The SMILES string of the molecule is CCOC(=O)c1nc(C2CC2)cnc1Cc1cccc(C2=CCOCC2)c1OCC.CCOc1c(Cc2ncc(C3CC3)nc2C(=O)O)cccc1C1=CCOCC1. The first kappa shape index (κ1) is 40.7. The third-order valence-corrected chi connectivity index (χ3v) is 10.5. The summed E-state index contributed by atoms with van der Waals surface area (Å²) in [4.78, 5) is 42.5. The number of carboxylic acid groups (broad SMARTS) is 1. The molecule has 0 radical (unpaired) electrons. The topological polar surface area (TPSA) is 152 Å². The third kappa shape index (κ3) is 9.97. The van der Waals surface area contributed by atoms with Gasteiger partial charge in [0.1, 0.15) is 11.5 Å². The zero-order chi connectivity index (χ0) is 40.4. The molecule has 58 heavy (non-hydrogen) atoms. The van der Waals surface area contributed by atoms with Gasteiger partial charge in [0.25, 0.3) is 0 Å². The van der Waals surface area contributed by atoms with Gasteiger partial charge in [0.2, 0.25) is 0 Å². The third-order valence-electron chi connectivity index (χ3n) is 10.5. The highest BCUT2D eigenvalue weighted by Crippen LogP contribution is 2.41. The second-order valence-electron chi connectivity index (χ2n) is 14.7. The van der Waals surface area contributed by atoms with Gasteiger partial charge in [0, 0.05) is 59.3 Å². The van der Waals surface area contributed by atoms with E-state index in [9.17, 15) is 14.7 Å². The molecule has 4 aliphatic rings. The summed E-state index contributed by atoms with van der Waals surface area (Å²) in [5.41, 5.74) is 9.58. The highest BCUT2D eigenvalue weighted by Gasteiger charge is 2.30. The van der Waals surface area contributed by atoms with E-state index < -0.39 is 11.9 Å². The lowest BCUT2D eigenvalue weighted by molar-refractivity contribution is 0.0516. The molecule has 304 valence electrons. The average Bonchev–Trinajstić information content (AvgIpc) is 4.19. The number of benzene rings is 2. The van der Waals surface area contributed by atoms with E-state index in [2.05, 4.69) is 38.2 Å². The first-order valence-corrected chi connectivity index (χ1v) is 20.5. The number of nitrogens with zero attached hydrogens (tertiary/aromatic N) is 4. The van der Waals surface area contributed by atoms with Crippen LogP contribution in [0.25, 0.3) is 11.1 Å². The Morgan fingerprint density at radius 1 is 0.690 bits per heavy atom. The number of aromatic nitrogens is 4. The van der Waals surface area contributed by atoms with Crippen molar-refractivity contribution in [3.05, 3.63) is 117 Å². The molecule has 4 heterocycles. The van der Waals surface area contributed by atoms with Gasteiger partial charge in [-0.05, 0) is 70.4 Å². The Morgan fingerprint density at radius 3 is 1.59 bits per heavy atom. The van der Waals surface area contributed by atoms with Crippen LogP contribution in [0.2, 0.25) is 0 Å². The molecule has 2 saturated carbocycles. The number of carbonyl (C=O) groups is 2. The van der Waals surface area contributed by atoms with Crippen LogP contribution in [0.1, 0.15) is 137 Å². The summed E-state index contributed by atoms with van der Waals surface area (Å²) in [5.74, 6) is 0.971. The maximum atomic E-state index is 12.6. The lowest BCUT2D eigenvalue weighted by Gasteiger charge is -2.20. The van der Waals surface area contributed by atoms with Gasteiger partial charge in [-0.1, -0.05) is 48.6 Å². The van der Waals surface area contributed by atoms with Crippen molar-refractivity contribution < 1.29 is 38.4 Å². The van der Waals surface area contributed by atoms with Gasteiger partial charge in [-0.15, -0.1) is 0 Å². The fourth-order valence-corrected chi connectivity index (χ4v) is 7.29. The number of para-hydroxylation sites is 2. The predicted molar refractivity (Wildman–Crippen MR) is 219 cm³/mol. The minimum absolute atomic E-state index is 0.0440. The van der Waals surface area contributed by atoms with E-state index in [1.165, 1.54) is 11.1 Å². The van der Waals surface area contributed by atoms with E-state index in [-0.39, 0.29) is 5.69 Å². The van der Waals surface area contributed by atoms with Crippen molar-refractivity contribution in [1.82, 2.24) is 19.9 Å². The molecule has 2 aromatic heterocycles. The van der Waals surface area contributed by atoms with Crippen molar-refractivity contribution >= 4 is 23.1 Å². The van der Waals surface area contributed by atoms with Crippen LogP contribution in [0.15, 0.2) is 60.9 Å². The number of carboxylic acids is 1. The van der Waals surface area contributed by atoms with Gasteiger partial charge < -0.3 is 28.8 Å². The molecule has 0 amide bonds. The van der Waals surface area contributed by atoms with E-state index in [4.69, 9.17) is 23.7 Å². The summed E-state index contributed by atoms with van der Waals surface area (Å²) in [6, 6.07) is 12.1. The van der Waals surface area contributed by atoms with Gasteiger partial charge >= 0.3 is 11.9 Å². The summed E-state index contributed by atoms with van der Waals surface area (Å²) in [5, 5.41) is 9.64. The smallest absolute Gasteiger partial charge is 0.358 e.